The predicted octanol–water partition coefficient (Wildman–Crippen LogP) is 2.69. The standard InChI is InChI=1S/C14H13FN2O3/c1-3-20-12-5-4-9(6-11(12)15)13-10(14(18)19)7-16-8(2)17-13/h4-7H,3H2,1-2H3,(H,18,19). The molecule has 0 aliphatic carbocycles. The Hall–Kier alpha value is -2.50. The van der Waals surface area contributed by atoms with Gasteiger partial charge in [0.15, 0.2) is 11.6 Å². The molecule has 2 aromatic rings. The van der Waals surface area contributed by atoms with Gasteiger partial charge >= 0.3 is 5.97 Å². The second kappa shape index (κ2) is 5.64. The van der Waals surface area contributed by atoms with Gasteiger partial charge in [-0.15, -0.1) is 0 Å². The third kappa shape index (κ3) is 2.74. The van der Waals surface area contributed by atoms with Crippen LogP contribution in [0, 0.1) is 12.7 Å². The Bertz CT molecular complexity index is 659. The van der Waals surface area contributed by atoms with E-state index in [4.69, 9.17) is 9.84 Å². The highest BCUT2D eigenvalue weighted by molar-refractivity contribution is 5.94. The number of aromatic nitrogens is 2. The van der Waals surface area contributed by atoms with Crippen LogP contribution in [0.25, 0.3) is 11.3 Å². The Morgan fingerprint density at radius 2 is 2.20 bits per heavy atom. The molecule has 104 valence electrons. The molecule has 1 aromatic carbocycles. The van der Waals surface area contributed by atoms with Gasteiger partial charge in [0.25, 0.3) is 0 Å². The maximum absolute atomic E-state index is 13.8. The molecule has 20 heavy (non-hydrogen) atoms. The van der Waals surface area contributed by atoms with Gasteiger partial charge < -0.3 is 9.84 Å². The number of hydrogen-bond acceptors (Lipinski definition) is 4. The Kier molecular flexibility index (Phi) is 3.93. The van der Waals surface area contributed by atoms with E-state index in [1.807, 2.05) is 0 Å². The highest BCUT2D eigenvalue weighted by atomic mass is 19.1. The molecular weight excluding hydrogens is 263 g/mol. The number of halogens is 1. The van der Waals surface area contributed by atoms with Crippen LogP contribution < -0.4 is 4.74 Å². The Morgan fingerprint density at radius 3 is 2.80 bits per heavy atom. The summed E-state index contributed by atoms with van der Waals surface area (Å²) in [6.45, 7) is 3.74. The van der Waals surface area contributed by atoms with Crippen molar-refractivity contribution in [2.75, 3.05) is 6.61 Å². The summed E-state index contributed by atoms with van der Waals surface area (Å²) in [6, 6.07) is 4.23. The summed E-state index contributed by atoms with van der Waals surface area (Å²) >= 11 is 0. The lowest BCUT2D eigenvalue weighted by atomic mass is 10.1. The molecule has 5 nitrogen and oxygen atoms in total. The molecule has 0 spiro atoms. The maximum atomic E-state index is 13.8. The summed E-state index contributed by atoms with van der Waals surface area (Å²) in [4.78, 5) is 19.1. The number of nitrogens with zero attached hydrogens (tertiary/aromatic N) is 2. The Labute approximate surface area is 115 Å². The van der Waals surface area contributed by atoms with Crippen molar-refractivity contribution in [2.45, 2.75) is 13.8 Å². The molecule has 1 N–H and O–H groups in total. The Balaban J connectivity index is 2.53. The van der Waals surface area contributed by atoms with E-state index >= 15 is 0 Å². The number of hydrogen-bond donors (Lipinski definition) is 1. The van der Waals surface area contributed by atoms with Crippen LogP contribution in [0.5, 0.6) is 5.75 Å². The zero-order valence-electron chi connectivity index (χ0n) is 11.1. The van der Waals surface area contributed by atoms with Gasteiger partial charge in [-0.2, -0.15) is 0 Å². The van der Waals surface area contributed by atoms with Crippen LogP contribution in [0.3, 0.4) is 0 Å². The Morgan fingerprint density at radius 1 is 1.45 bits per heavy atom. The number of ether oxygens (including phenoxy) is 1. The number of carboxylic acid groups (broad SMARTS) is 1. The van der Waals surface area contributed by atoms with E-state index in [1.54, 1.807) is 19.9 Å². The third-order valence-electron chi connectivity index (χ3n) is 2.64. The molecule has 0 fully saturated rings. The molecule has 0 amide bonds. The van der Waals surface area contributed by atoms with Crippen LogP contribution in [0.2, 0.25) is 0 Å². The van der Waals surface area contributed by atoms with Gasteiger partial charge in [0.2, 0.25) is 0 Å². The summed E-state index contributed by atoms with van der Waals surface area (Å²) < 4.78 is 18.9. The second-order valence-corrected chi connectivity index (χ2v) is 4.06. The van der Waals surface area contributed by atoms with E-state index in [0.29, 0.717) is 18.0 Å². The molecule has 0 bridgehead atoms. The van der Waals surface area contributed by atoms with Crippen molar-refractivity contribution in [2.24, 2.45) is 0 Å². The number of aromatic carboxylic acids is 1. The van der Waals surface area contributed by atoms with Gasteiger partial charge in [0, 0.05) is 11.8 Å². The van der Waals surface area contributed by atoms with Crippen molar-refractivity contribution in [3.05, 3.63) is 41.6 Å². The molecule has 0 aliphatic rings. The topological polar surface area (TPSA) is 72.3 Å². The average molecular weight is 276 g/mol. The minimum absolute atomic E-state index is 0.0702. The number of aryl methyl sites for hydroxylation is 1. The first-order valence-corrected chi connectivity index (χ1v) is 6.02. The van der Waals surface area contributed by atoms with E-state index < -0.39 is 11.8 Å². The van der Waals surface area contributed by atoms with E-state index in [0.717, 1.165) is 0 Å². The zero-order valence-corrected chi connectivity index (χ0v) is 11.1. The van der Waals surface area contributed by atoms with Crippen molar-refractivity contribution in [1.29, 1.82) is 0 Å². The van der Waals surface area contributed by atoms with Crippen LogP contribution in [-0.4, -0.2) is 27.7 Å². The predicted molar refractivity (Wildman–Crippen MR) is 70.3 cm³/mol. The number of carboxylic acids is 1. The quantitative estimate of drug-likeness (QED) is 0.929. The van der Waals surface area contributed by atoms with Crippen LogP contribution in [0.1, 0.15) is 23.1 Å². The maximum Gasteiger partial charge on any atom is 0.339 e. The van der Waals surface area contributed by atoms with E-state index in [-0.39, 0.29) is 17.0 Å². The first kappa shape index (κ1) is 13.9. The highest BCUT2D eigenvalue weighted by Crippen LogP contribution is 2.26. The SMILES string of the molecule is CCOc1ccc(-c2nc(C)ncc2C(=O)O)cc1F. The van der Waals surface area contributed by atoms with E-state index in [9.17, 15) is 9.18 Å². The third-order valence-corrected chi connectivity index (χ3v) is 2.64. The van der Waals surface area contributed by atoms with Gasteiger partial charge in [0.1, 0.15) is 11.4 Å². The zero-order chi connectivity index (χ0) is 14.7. The molecule has 0 atom stereocenters. The number of carbonyl (C=O) groups is 1. The second-order valence-electron chi connectivity index (χ2n) is 4.06. The molecule has 0 radical (unpaired) electrons. The first-order chi connectivity index (χ1) is 9.52. The van der Waals surface area contributed by atoms with Crippen LogP contribution in [0.15, 0.2) is 24.4 Å². The van der Waals surface area contributed by atoms with Gasteiger partial charge in [-0.3, -0.25) is 0 Å². The van der Waals surface area contributed by atoms with Crippen LogP contribution in [0.4, 0.5) is 4.39 Å². The van der Waals surface area contributed by atoms with Crippen molar-refractivity contribution in [1.82, 2.24) is 9.97 Å². The molecule has 0 aliphatic heterocycles. The van der Waals surface area contributed by atoms with Crippen molar-refractivity contribution >= 4 is 5.97 Å². The summed E-state index contributed by atoms with van der Waals surface area (Å²) in [7, 11) is 0. The van der Waals surface area contributed by atoms with Crippen LogP contribution in [-0.2, 0) is 0 Å². The largest absolute Gasteiger partial charge is 0.491 e. The lowest BCUT2D eigenvalue weighted by molar-refractivity contribution is 0.0697. The van der Waals surface area contributed by atoms with Gasteiger partial charge in [0.05, 0.1) is 12.3 Å². The van der Waals surface area contributed by atoms with Crippen molar-refractivity contribution < 1.29 is 19.0 Å². The fraction of sp³-hybridized carbons (Fsp3) is 0.214. The summed E-state index contributed by atoms with van der Waals surface area (Å²) in [5, 5.41) is 9.13. The lowest BCUT2D eigenvalue weighted by Gasteiger charge is -2.09. The van der Waals surface area contributed by atoms with Gasteiger partial charge in [-0.25, -0.2) is 19.2 Å². The minimum atomic E-state index is -1.16. The van der Waals surface area contributed by atoms with Crippen molar-refractivity contribution in [3.8, 4) is 17.0 Å². The molecule has 0 saturated heterocycles. The summed E-state index contributed by atoms with van der Waals surface area (Å²) in [6.07, 6.45) is 1.22. The van der Waals surface area contributed by atoms with Gasteiger partial charge in [-0.05, 0) is 32.0 Å². The molecule has 1 heterocycles. The molecule has 2 rings (SSSR count). The smallest absolute Gasteiger partial charge is 0.339 e. The normalized spacial score (nSPS) is 10.3. The molecule has 1 aromatic heterocycles. The van der Waals surface area contributed by atoms with Crippen LogP contribution >= 0.6 is 0 Å². The monoisotopic (exact) mass is 276 g/mol. The number of rotatable bonds is 4. The van der Waals surface area contributed by atoms with E-state index in [1.165, 1.54) is 18.3 Å². The molecule has 0 unspecified atom stereocenters. The highest BCUT2D eigenvalue weighted by Gasteiger charge is 2.16. The molecule has 6 heteroatoms. The van der Waals surface area contributed by atoms with E-state index in [2.05, 4.69) is 9.97 Å². The molecule has 0 saturated carbocycles. The van der Waals surface area contributed by atoms with Gasteiger partial charge in [-0.1, -0.05) is 0 Å². The minimum Gasteiger partial charge on any atom is -0.491 e. The molecular formula is C14H13FN2O3. The van der Waals surface area contributed by atoms with Crippen molar-refractivity contribution in [3.63, 3.8) is 0 Å². The summed E-state index contributed by atoms with van der Waals surface area (Å²) in [5.41, 5.74) is 0.486. The summed E-state index contributed by atoms with van der Waals surface area (Å²) in [5.74, 6) is -1.18. The lowest BCUT2D eigenvalue weighted by Crippen LogP contribution is -2.05. The average Bonchev–Trinajstić information content (AvgIpc) is 2.40. The fourth-order valence-electron chi connectivity index (χ4n) is 1.77. The number of benzene rings is 1. The first-order valence-electron chi connectivity index (χ1n) is 6.02. The fourth-order valence-corrected chi connectivity index (χ4v) is 1.77.